The van der Waals surface area contributed by atoms with Gasteiger partial charge < -0.3 is 5.32 Å². The SMILES string of the molecule is CCN1C(=O)/C(=C/c2ccc(NC(C)=O)cc2)S/C1=N/n1cnnc1. The minimum Gasteiger partial charge on any atom is -0.326 e. The minimum atomic E-state index is -0.124. The number of hydrogen-bond donors (Lipinski definition) is 1. The molecule has 0 aliphatic carbocycles. The van der Waals surface area contributed by atoms with Crippen LogP contribution >= 0.6 is 11.8 Å². The molecule has 2 aromatic rings. The topological polar surface area (TPSA) is 92.5 Å². The van der Waals surface area contributed by atoms with E-state index in [1.54, 1.807) is 17.0 Å². The Balaban J connectivity index is 1.83. The number of likely N-dealkylation sites (N-methyl/N-ethyl adjacent to an activating group) is 1. The van der Waals surface area contributed by atoms with Gasteiger partial charge >= 0.3 is 0 Å². The van der Waals surface area contributed by atoms with Crippen molar-refractivity contribution in [2.45, 2.75) is 13.8 Å². The summed E-state index contributed by atoms with van der Waals surface area (Å²) in [7, 11) is 0. The lowest BCUT2D eigenvalue weighted by Gasteiger charge is -2.11. The zero-order valence-corrected chi connectivity index (χ0v) is 14.5. The fraction of sp³-hybridized carbons (Fsp3) is 0.188. The van der Waals surface area contributed by atoms with Gasteiger partial charge in [0, 0.05) is 19.2 Å². The van der Waals surface area contributed by atoms with E-state index >= 15 is 0 Å². The van der Waals surface area contributed by atoms with Crippen molar-refractivity contribution in [1.82, 2.24) is 19.8 Å². The number of nitrogens with one attached hydrogen (secondary N) is 1. The molecule has 2 heterocycles. The number of carbonyl (C=O) groups is 2. The van der Waals surface area contributed by atoms with Crippen LogP contribution in [0.3, 0.4) is 0 Å². The first-order chi connectivity index (χ1) is 12.1. The first-order valence-corrected chi connectivity index (χ1v) is 8.41. The van der Waals surface area contributed by atoms with Gasteiger partial charge in [0.2, 0.25) is 5.91 Å². The maximum absolute atomic E-state index is 12.6. The molecule has 1 aromatic heterocycles. The molecule has 1 aromatic carbocycles. The van der Waals surface area contributed by atoms with Gasteiger partial charge in [-0.05, 0) is 42.5 Å². The number of hydrogen-bond acceptors (Lipinski definition) is 6. The van der Waals surface area contributed by atoms with E-state index in [-0.39, 0.29) is 11.8 Å². The molecule has 1 N–H and O–H groups in total. The van der Waals surface area contributed by atoms with E-state index in [2.05, 4.69) is 20.6 Å². The summed E-state index contributed by atoms with van der Waals surface area (Å²) in [6.07, 6.45) is 4.74. The fourth-order valence-electron chi connectivity index (χ4n) is 2.22. The van der Waals surface area contributed by atoms with Crippen molar-refractivity contribution < 1.29 is 9.59 Å². The molecular weight excluding hydrogens is 340 g/mol. The van der Waals surface area contributed by atoms with Gasteiger partial charge in [0.15, 0.2) is 5.17 Å². The standard InChI is InChI=1S/C16H16N6O2S/c1-3-22-15(24)14(25-16(22)20-21-9-17-18-10-21)8-12-4-6-13(7-5-12)19-11(2)23/h4-10H,3H2,1-2H3,(H,19,23)/b14-8-,20-16+. The normalized spacial score (nSPS) is 17.5. The summed E-state index contributed by atoms with van der Waals surface area (Å²) < 4.78 is 1.46. The average Bonchev–Trinajstić information content (AvgIpc) is 3.18. The van der Waals surface area contributed by atoms with Crippen LogP contribution in [0.2, 0.25) is 0 Å². The second kappa shape index (κ2) is 7.31. The summed E-state index contributed by atoms with van der Waals surface area (Å²) in [5.74, 6) is -0.216. The molecule has 1 aliphatic rings. The van der Waals surface area contributed by atoms with Gasteiger partial charge in [-0.3, -0.25) is 14.5 Å². The number of aromatic nitrogens is 3. The van der Waals surface area contributed by atoms with Crippen LogP contribution in [0.25, 0.3) is 6.08 Å². The van der Waals surface area contributed by atoms with Crippen LogP contribution in [-0.2, 0) is 9.59 Å². The van der Waals surface area contributed by atoms with Crippen LogP contribution in [0, 0.1) is 0 Å². The van der Waals surface area contributed by atoms with Gasteiger partial charge in [-0.1, -0.05) is 12.1 Å². The van der Waals surface area contributed by atoms with Gasteiger partial charge in [-0.2, -0.15) is 0 Å². The van der Waals surface area contributed by atoms with Gasteiger partial charge in [0.25, 0.3) is 5.91 Å². The molecule has 9 heteroatoms. The molecule has 0 spiro atoms. The molecule has 0 saturated carbocycles. The van der Waals surface area contributed by atoms with Gasteiger partial charge in [-0.15, -0.1) is 15.3 Å². The van der Waals surface area contributed by atoms with Crippen molar-refractivity contribution in [3.05, 3.63) is 47.4 Å². The predicted molar refractivity (Wildman–Crippen MR) is 96.6 cm³/mol. The average molecular weight is 356 g/mol. The Kier molecular flexibility index (Phi) is 4.94. The number of carbonyl (C=O) groups excluding carboxylic acids is 2. The highest BCUT2D eigenvalue weighted by Gasteiger charge is 2.32. The molecule has 8 nitrogen and oxygen atoms in total. The molecule has 0 atom stereocenters. The second-order valence-electron chi connectivity index (χ2n) is 5.19. The number of anilines is 1. The summed E-state index contributed by atoms with van der Waals surface area (Å²) in [4.78, 5) is 25.8. The number of nitrogens with zero attached hydrogens (tertiary/aromatic N) is 5. The molecule has 0 radical (unpaired) electrons. The Morgan fingerprint density at radius 2 is 1.96 bits per heavy atom. The van der Waals surface area contributed by atoms with Crippen molar-refractivity contribution in [3.8, 4) is 0 Å². The predicted octanol–water partition coefficient (Wildman–Crippen LogP) is 1.99. The number of benzene rings is 1. The highest BCUT2D eigenvalue weighted by atomic mass is 32.2. The quantitative estimate of drug-likeness (QED) is 0.846. The summed E-state index contributed by atoms with van der Waals surface area (Å²) in [6.45, 7) is 3.87. The Hall–Kier alpha value is -2.94. The molecule has 1 saturated heterocycles. The van der Waals surface area contributed by atoms with Crippen molar-refractivity contribution in [2.75, 3.05) is 11.9 Å². The van der Waals surface area contributed by atoms with Gasteiger partial charge in [0.1, 0.15) is 12.7 Å². The number of amides is 2. The summed E-state index contributed by atoms with van der Waals surface area (Å²) in [5.41, 5.74) is 1.58. The van der Waals surface area contributed by atoms with Gasteiger partial charge in [0.05, 0.1) is 4.91 Å². The fourth-order valence-corrected chi connectivity index (χ4v) is 3.27. The zero-order valence-electron chi connectivity index (χ0n) is 13.7. The Morgan fingerprint density at radius 3 is 2.56 bits per heavy atom. The number of thioether (sulfide) groups is 1. The first kappa shape index (κ1) is 16.9. The van der Waals surface area contributed by atoms with E-state index in [0.717, 1.165) is 5.56 Å². The first-order valence-electron chi connectivity index (χ1n) is 7.59. The monoisotopic (exact) mass is 356 g/mol. The van der Waals surface area contributed by atoms with Crippen LogP contribution in [0.1, 0.15) is 19.4 Å². The van der Waals surface area contributed by atoms with Crippen molar-refractivity contribution in [2.24, 2.45) is 5.10 Å². The second-order valence-corrected chi connectivity index (χ2v) is 6.20. The maximum atomic E-state index is 12.6. The van der Waals surface area contributed by atoms with E-state index in [1.807, 2.05) is 25.1 Å². The minimum absolute atomic E-state index is 0.0924. The molecule has 1 aliphatic heterocycles. The lowest BCUT2D eigenvalue weighted by molar-refractivity contribution is -0.122. The molecule has 2 amide bonds. The molecule has 3 rings (SSSR count). The van der Waals surface area contributed by atoms with Crippen LogP contribution in [0.4, 0.5) is 5.69 Å². The van der Waals surface area contributed by atoms with Crippen molar-refractivity contribution >= 4 is 40.5 Å². The molecule has 128 valence electrons. The van der Waals surface area contributed by atoms with Gasteiger partial charge in [-0.25, -0.2) is 4.68 Å². The number of amidine groups is 1. The smallest absolute Gasteiger partial charge is 0.266 e. The van der Waals surface area contributed by atoms with E-state index in [4.69, 9.17) is 0 Å². The highest BCUT2D eigenvalue weighted by Crippen LogP contribution is 2.32. The van der Waals surface area contributed by atoms with Crippen LogP contribution in [-0.4, -0.2) is 43.3 Å². The Labute approximate surface area is 148 Å². The van der Waals surface area contributed by atoms with Crippen LogP contribution < -0.4 is 5.32 Å². The largest absolute Gasteiger partial charge is 0.326 e. The molecule has 0 unspecified atom stereocenters. The lowest BCUT2D eigenvalue weighted by Crippen LogP contribution is -2.29. The summed E-state index contributed by atoms with van der Waals surface area (Å²) in [6, 6.07) is 7.28. The molecule has 25 heavy (non-hydrogen) atoms. The zero-order chi connectivity index (χ0) is 17.8. The summed E-state index contributed by atoms with van der Waals surface area (Å²) in [5, 5.41) is 15.0. The third-order valence-electron chi connectivity index (χ3n) is 3.34. The molecule has 0 bridgehead atoms. The van der Waals surface area contributed by atoms with E-state index < -0.39 is 0 Å². The lowest BCUT2D eigenvalue weighted by atomic mass is 10.2. The van der Waals surface area contributed by atoms with E-state index in [0.29, 0.717) is 22.3 Å². The Morgan fingerprint density at radius 1 is 1.28 bits per heavy atom. The van der Waals surface area contributed by atoms with Crippen molar-refractivity contribution in [3.63, 3.8) is 0 Å². The Bertz CT molecular complexity index is 842. The molecular formula is C16H16N6O2S. The van der Waals surface area contributed by atoms with E-state index in [1.165, 1.54) is 36.0 Å². The van der Waals surface area contributed by atoms with Crippen LogP contribution in [0.15, 0.2) is 46.9 Å². The van der Waals surface area contributed by atoms with Crippen molar-refractivity contribution in [1.29, 1.82) is 0 Å². The molecule has 1 fully saturated rings. The van der Waals surface area contributed by atoms with Crippen LogP contribution in [0.5, 0.6) is 0 Å². The maximum Gasteiger partial charge on any atom is 0.266 e. The highest BCUT2D eigenvalue weighted by molar-refractivity contribution is 8.18. The van der Waals surface area contributed by atoms with E-state index in [9.17, 15) is 9.59 Å². The number of rotatable bonds is 4. The summed E-state index contributed by atoms with van der Waals surface area (Å²) >= 11 is 1.30. The third-order valence-corrected chi connectivity index (χ3v) is 4.34. The third kappa shape index (κ3) is 3.94.